The van der Waals surface area contributed by atoms with Gasteiger partial charge in [-0.15, -0.1) is 0 Å². The minimum Gasteiger partial charge on any atom is -0.267 e. The van der Waals surface area contributed by atoms with Crippen LogP contribution in [-0.4, -0.2) is 27.6 Å². The third-order valence-corrected chi connectivity index (χ3v) is 5.56. The van der Waals surface area contributed by atoms with Crippen LogP contribution >= 0.6 is 0 Å². The third kappa shape index (κ3) is 4.33. The lowest BCUT2D eigenvalue weighted by Gasteiger charge is -2.14. The third-order valence-electron chi connectivity index (χ3n) is 5.56. The topological polar surface area (TPSA) is 50.5 Å². The minimum atomic E-state index is -5.27. The van der Waals surface area contributed by atoms with Crippen LogP contribution in [-0.2, 0) is 4.79 Å². The molecule has 0 aliphatic carbocycles. The number of hydrazone groups is 1. The van der Waals surface area contributed by atoms with Gasteiger partial charge in [0.1, 0.15) is 5.69 Å². The summed E-state index contributed by atoms with van der Waals surface area (Å²) in [7, 11) is 0. The molecule has 5 nitrogen and oxygen atoms in total. The van der Waals surface area contributed by atoms with Crippen molar-refractivity contribution >= 4 is 23.4 Å². The summed E-state index contributed by atoms with van der Waals surface area (Å²) in [6, 6.07) is 16.8. The van der Waals surface area contributed by atoms with E-state index < -0.39 is 52.3 Å². The summed E-state index contributed by atoms with van der Waals surface area (Å²) in [5.41, 5.74) is -3.36. The maximum atomic E-state index is 14.4. The molecule has 0 unspecified atom stereocenters. The van der Waals surface area contributed by atoms with Crippen LogP contribution in [0.2, 0.25) is 0 Å². The van der Waals surface area contributed by atoms with Gasteiger partial charge in [-0.05, 0) is 18.2 Å². The predicted molar refractivity (Wildman–Crippen MR) is 124 cm³/mol. The molecule has 5 rings (SSSR count). The van der Waals surface area contributed by atoms with Gasteiger partial charge in [0.05, 0.1) is 17.0 Å². The molecule has 38 heavy (non-hydrogen) atoms. The second kappa shape index (κ2) is 9.29. The molecule has 3 aromatic carbocycles. The van der Waals surface area contributed by atoms with E-state index in [1.807, 2.05) is 0 Å². The molecule has 192 valence electrons. The van der Waals surface area contributed by atoms with Crippen molar-refractivity contribution in [1.29, 1.82) is 0 Å². The van der Waals surface area contributed by atoms with Gasteiger partial charge in [-0.1, -0.05) is 48.5 Å². The van der Waals surface area contributed by atoms with E-state index in [1.165, 1.54) is 10.9 Å². The fraction of sp³-hybridized carbons (Fsp3) is 0.0385. The van der Waals surface area contributed by atoms with Gasteiger partial charge in [-0.3, -0.25) is 4.79 Å². The first-order valence-electron chi connectivity index (χ1n) is 10.8. The Morgan fingerprint density at radius 2 is 1.39 bits per heavy atom. The highest BCUT2D eigenvalue weighted by Crippen LogP contribution is 2.37. The summed E-state index contributed by atoms with van der Waals surface area (Å²) in [6.07, 6.45) is -3.09. The van der Waals surface area contributed by atoms with Gasteiger partial charge in [-0.25, -0.2) is 22.2 Å². The van der Waals surface area contributed by atoms with E-state index in [4.69, 9.17) is 0 Å². The number of aromatic nitrogens is 2. The molecule has 0 fully saturated rings. The van der Waals surface area contributed by atoms with Gasteiger partial charge in [0.15, 0.2) is 29.0 Å². The highest BCUT2D eigenvalue weighted by molar-refractivity contribution is 6.34. The Hall–Kier alpha value is -4.74. The van der Waals surface area contributed by atoms with Crippen molar-refractivity contribution in [2.75, 3.05) is 5.01 Å². The van der Waals surface area contributed by atoms with Gasteiger partial charge in [0.25, 0.3) is 5.91 Å². The van der Waals surface area contributed by atoms with E-state index in [1.54, 1.807) is 60.7 Å². The Bertz CT molecular complexity index is 1580. The molecular formula is C26H13F7N4O. The van der Waals surface area contributed by atoms with Crippen LogP contribution in [0.5, 0.6) is 0 Å². The second-order valence-electron chi connectivity index (χ2n) is 8.02. The number of hydrogen-bond donors (Lipinski definition) is 0. The van der Waals surface area contributed by atoms with Gasteiger partial charge >= 0.3 is 6.18 Å². The molecule has 2 heterocycles. The van der Waals surface area contributed by atoms with Crippen molar-refractivity contribution < 1.29 is 35.5 Å². The van der Waals surface area contributed by atoms with Crippen molar-refractivity contribution in [2.24, 2.45) is 5.10 Å². The second-order valence-corrected chi connectivity index (χ2v) is 8.02. The highest BCUT2D eigenvalue weighted by Gasteiger charge is 2.48. The van der Waals surface area contributed by atoms with Crippen molar-refractivity contribution in [3.8, 4) is 16.9 Å². The van der Waals surface area contributed by atoms with E-state index in [0.717, 1.165) is 6.08 Å². The fourth-order valence-corrected chi connectivity index (χ4v) is 3.83. The first kappa shape index (κ1) is 24.9. The quantitative estimate of drug-likeness (QED) is 0.173. The number of halogens is 7. The normalized spacial score (nSPS) is 14.9. The zero-order chi connectivity index (χ0) is 27.2. The predicted octanol–water partition coefficient (Wildman–Crippen LogP) is 6.44. The van der Waals surface area contributed by atoms with Crippen molar-refractivity contribution in [3.05, 3.63) is 107 Å². The first-order chi connectivity index (χ1) is 18.1. The summed E-state index contributed by atoms with van der Waals surface area (Å²) >= 11 is 0. The number of alkyl halides is 3. The van der Waals surface area contributed by atoms with Crippen LogP contribution in [0.15, 0.2) is 83.6 Å². The summed E-state index contributed by atoms with van der Waals surface area (Å²) in [5, 5.41) is 7.13. The molecule has 1 aliphatic heterocycles. The molecule has 0 spiro atoms. The number of hydrogen-bond acceptors (Lipinski definition) is 3. The van der Waals surface area contributed by atoms with Crippen LogP contribution in [0.25, 0.3) is 23.0 Å². The number of amides is 1. The van der Waals surface area contributed by atoms with E-state index >= 15 is 0 Å². The summed E-state index contributed by atoms with van der Waals surface area (Å²) in [5.74, 6) is -9.63. The number of nitrogens with zero attached hydrogens (tertiary/aromatic N) is 4. The lowest BCUT2D eigenvalue weighted by molar-refractivity contribution is -0.114. The molecule has 0 saturated heterocycles. The zero-order valence-corrected chi connectivity index (χ0v) is 18.8. The number of carbonyl (C=O) groups excluding carboxylic acids is 1. The average molecular weight is 530 g/mol. The molecule has 1 aliphatic rings. The smallest absolute Gasteiger partial charge is 0.267 e. The molecule has 12 heteroatoms. The monoisotopic (exact) mass is 530 g/mol. The van der Waals surface area contributed by atoms with E-state index in [-0.39, 0.29) is 22.3 Å². The standard InChI is InChI=1S/C26H13F7N4O/c27-18-12-19(28)21(30)23(20(18)29)37-25(38)17(24(35-37)26(31,32)33)11-15-13-36(16-9-5-2-6-10-16)34-22(15)14-7-3-1-4-8-14/h1-13H/b17-11-. The van der Waals surface area contributed by atoms with Gasteiger partial charge < -0.3 is 0 Å². The molecule has 4 aromatic rings. The van der Waals surface area contributed by atoms with Crippen LogP contribution in [0.1, 0.15) is 5.56 Å². The summed E-state index contributed by atoms with van der Waals surface area (Å²) in [4.78, 5) is 13.1. The van der Waals surface area contributed by atoms with Gasteiger partial charge in [-0.2, -0.15) is 28.4 Å². The first-order valence-corrected chi connectivity index (χ1v) is 10.8. The van der Waals surface area contributed by atoms with Gasteiger partial charge in [0, 0.05) is 23.4 Å². The SMILES string of the molecule is O=C1/C(=C\c2cn(-c3ccccc3)nc2-c2ccccc2)C(C(F)(F)F)=NN1c1c(F)c(F)cc(F)c1F. The van der Waals surface area contributed by atoms with Crippen molar-refractivity contribution in [3.63, 3.8) is 0 Å². The molecule has 1 aromatic heterocycles. The largest absolute Gasteiger partial charge is 0.435 e. The van der Waals surface area contributed by atoms with Crippen LogP contribution in [0, 0.1) is 23.3 Å². The molecule has 0 bridgehead atoms. The van der Waals surface area contributed by atoms with E-state index in [0.29, 0.717) is 11.3 Å². The maximum absolute atomic E-state index is 14.4. The molecule has 0 N–H and O–H groups in total. The number of para-hydroxylation sites is 1. The molecular weight excluding hydrogens is 517 g/mol. The number of carbonyl (C=O) groups is 1. The van der Waals surface area contributed by atoms with Crippen molar-refractivity contribution in [1.82, 2.24) is 9.78 Å². The Balaban J connectivity index is 1.70. The Morgan fingerprint density at radius 3 is 1.97 bits per heavy atom. The Morgan fingerprint density at radius 1 is 0.816 bits per heavy atom. The number of anilines is 1. The van der Waals surface area contributed by atoms with Crippen molar-refractivity contribution in [2.45, 2.75) is 6.18 Å². The minimum absolute atomic E-state index is 0.0357. The van der Waals surface area contributed by atoms with Gasteiger partial charge in [0.2, 0.25) is 0 Å². The fourth-order valence-electron chi connectivity index (χ4n) is 3.83. The zero-order valence-electron chi connectivity index (χ0n) is 18.8. The Labute approximate surface area is 209 Å². The molecule has 0 saturated carbocycles. The lowest BCUT2D eigenvalue weighted by atomic mass is 10.0. The van der Waals surface area contributed by atoms with E-state index in [9.17, 15) is 35.5 Å². The highest BCUT2D eigenvalue weighted by atomic mass is 19.4. The number of benzene rings is 3. The Kier molecular flexibility index (Phi) is 6.09. The number of rotatable bonds is 4. The van der Waals surface area contributed by atoms with Crippen LogP contribution < -0.4 is 5.01 Å². The molecule has 0 atom stereocenters. The lowest BCUT2D eigenvalue weighted by Crippen LogP contribution is -2.26. The average Bonchev–Trinajstić information content (AvgIpc) is 3.46. The maximum Gasteiger partial charge on any atom is 0.435 e. The summed E-state index contributed by atoms with van der Waals surface area (Å²) < 4.78 is 99.4. The summed E-state index contributed by atoms with van der Waals surface area (Å²) in [6.45, 7) is 0. The molecule has 1 amide bonds. The van der Waals surface area contributed by atoms with Crippen LogP contribution in [0.3, 0.4) is 0 Å². The molecule has 0 radical (unpaired) electrons. The van der Waals surface area contributed by atoms with Crippen LogP contribution in [0.4, 0.5) is 36.4 Å². The van der Waals surface area contributed by atoms with E-state index in [2.05, 4.69) is 10.2 Å².